The van der Waals surface area contributed by atoms with E-state index >= 15 is 0 Å². The maximum absolute atomic E-state index is 12.2. The van der Waals surface area contributed by atoms with E-state index in [1.807, 2.05) is 39.0 Å². The number of benzene rings is 1. The summed E-state index contributed by atoms with van der Waals surface area (Å²) in [5.74, 6) is -0.224. The number of rotatable bonds is 6. The predicted molar refractivity (Wildman–Crippen MR) is 83.7 cm³/mol. The van der Waals surface area contributed by atoms with E-state index in [1.54, 1.807) is 13.2 Å². The van der Waals surface area contributed by atoms with Gasteiger partial charge in [-0.15, -0.1) is 0 Å². The summed E-state index contributed by atoms with van der Waals surface area (Å²) in [7, 11) is 1.60. The molecule has 1 N–H and O–H groups in total. The van der Waals surface area contributed by atoms with Crippen molar-refractivity contribution in [2.45, 2.75) is 33.2 Å². The Morgan fingerprint density at radius 2 is 2.14 bits per heavy atom. The minimum atomic E-state index is -0.224. The summed E-state index contributed by atoms with van der Waals surface area (Å²) < 4.78 is 10.4. The number of hydrogen-bond acceptors (Lipinski definition) is 4. The summed E-state index contributed by atoms with van der Waals surface area (Å²) in [4.78, 5) is 16.6. The number of amides is 1. The second kappa shape index (κ2) is 9.13. The number of aliphatic imine (C=N–C) groups is 1. The largest absolute Gasteiger partial charge is 0.463 e. The molecule has 0 aliphatic carbocycles. The molecule has 0 radical (unpaired) electrons. The average molecular weight is 292 g/mol. The van der Waals surface area contributed by atoms with Crippen molar-refractivity contribution in [2.24, 2.45) is 4.99 Å². The molecule has 1 amide bonds. The fourth-order valence-corrected chi connectivity index (χ4v) is 1.57. The Hall–Kier alpha value is -1.88. The lowest BCUT2D eigenvalue weighted by Crippen LogP contribution is -2.34. The third-order valence-electron chi connectivity index (χ3n) is 2.96. The van der Waals surface area contributed by atoms with E-state index in [-0.39, 0.29) is 18.0 Å². The molecule has 5 nitrogen and oxygen atoms in total. The van der Waals surface area contributed by atoms with Crippen LogP contribution in [-0.2, 0) is 9.47 Å². The first-order valence-electron chi connectivity index (χ1n) is 7.14. The van der Waals surface area contributed by atoms with Gasteiger partial charge in [-0.25, -0.2) is 4.99 Å². The Bertz CT molecular complexity index is 486. The van der Waals surface area contributed by atoms with Crippen molar-refractivity contribution < 1.29 is 14.3 Å². The fraction of sp³-hybridized carbons (Fsp3) is 0.500. The second-order valence-corrected chi connectivity index (χ2v) is 4.86. The molecule has 0 spiro atoms. The van der Waals surface area contributed by atoms with Gasteiger partial charge < -0.3 is 9.47 Å². The van der Waals surface area contributed by atoms with Crippen molar-refractivity contribution in [3.05, 3.63) is 35.4 Å². The number of hydrogen-bond donors (Lipinski definition) is 1. The smallest absolute Gasteiger partial charge is 0.292 e. The van der Waals surface area contributed by atoms with Crippen LogP contribution in [0.2, 0.25) is 0 Å². The Balaban J connectivity index is 2.75. The van der Waals surface area contributed by atoms with Crippen molar-refractivity contribution in [2.75, 3.05) is 20.3 Å². The molecule has 0 bridgehead atoms. The SMILES string of the molecule is CC[C@H](C)N=C(NC(=O)c1cccc(C)c1)OCCOC. The molecule has 21 heavy (non-hydrogen) atoms. The van der Waals surface area contributed by atoms with Gasteiger partial charge in [0.2, 0.25) is 0 Å². The van der Waals surface area contributed by atoms with E-state index in [0.717, 1.165) is 12.0 Å². The van der Waals surface area contributed by atoms with Gasteiger partial charge in [-0.1, -0.05) is 24.6 Å². The van der Waals surface area contributed by atoms with Crippen LogP contribution in [0.25, 0.3) is 0 Å². The number of carbonyl (C=O) groups excluding carboxylic acids is 1. The molecule has 1 aromatic carbocycles. The molecule has 0 unspecified atom stereocenters. The molecule has 0 aliphatic rings. The number of aryl methyl sites for hydroxylation is 1. The highest BCUT2D eigenvalue weighted by molar-refractivity contribution is 6.04. The van der Waals surface area contributed by atoms with Gasteiger partial charge in [0.25, 0.3) is 11.9 Å². The monoisotopic (exact) mass is 292 g/mol. The van der Waals surface area contributed by atoms with Gasteiger partial charge in [0, 0.05) is 12.7 Å². The van der Waals surface area contributed by atoms with Crippen LogP contribution >= 0.6 is 0 Å². The number of nitrogens with zero attached hydrogens (tertiary/aromatic N) is 1. The molecule has 0 aliphatic heterocycles. The standard InChI is InChI=1S/C16H24N2O3/c1-5-13(3)17-16(21-10-9-20-4)18-15(19)14-8-6-7-12(2)11-14/h6-8,11,13H,5,9-10H2,1-4H3,(H,17,18,19)/t13-/m0/s1. The Labute approximate surface area is 126 Å². The molecular formula is C16H24N2O3. The lowest BCUT2D eigenvalue weighted by Gasteiger charge is -2.12. The third kappa shape index (κ3) is 6.40. The molecule has 0 fully saturated rings. The zero-order valence-electron chi connectivity index (χ0n) is 13.2. The van der Waals surface area contributed by atoms with E-state index in [0.29, 0.717) is 18.8 Å². The summed E-state index contributed by atoms with van der Waals surface area (Å²) >= 11 is 0. The number of carbonyl (C=O) groups is 1. The van der Waals surface area contributed by atoms with Gasteiger partial charge in [0.15, 0.2) is 0 Å². The highest BCUT2D eigenvalue weighted by atomic mass is 16.5. The summed E-state index contributed by atoms with van der Waals surface area (Å²) in [6.45, 7) is 6.74. The number of amidine groups is 1. The van der Waals surface area contributed by atoms with Crippen molar-refractivity contribution in [3.63, 3.8) is 0 Å². The van der Waals surface area contributed by atoms with E-state index in [2.05, 4.69) is 10.3 Å². The van der Waals surface area contributed by atoms with Gasteiger partial charge >= 0.3 is 0 Å². The Morgan fingerprint density at radius 3 is 2.76 bits per heavy atom. The third-order valence-corrected chi connectivity index (χ3v) is 2.96. The van der Waals surface area contributed by atoms with Gasteiger partial charge in [-0.3, -0.25) is 10.1 Å². The number of nitrogens with one attached hydrogen (secondary N) is 1. The zero-order valence-corrected chi connectivity index (χ0v) is 13.2. The van der Waals surface area contributed by atoms with Crippen LogP contribution in [0, 0.1) is 6.92 Å². The first-order chi connectivity index (χ1) is 10.1. The van der Waals surface area contributed by atoms with Crippen LogP contribution in [-0.4, -0.2) is 38.3 Å². The maximum atomic E-state index is 12.2. The Morgan fingerprint density at radius 1 is 1.38 bits per heavy atom. The van der Waals surface area contributed by atoms with E-state index in [4.69, 9.17) is 9.47 Å². The van der Waals surface area contributed by atoms with Gasteiger partial charge in [0.1, 0.15) is 6.61 Å². The van der Waals surface area contributed by atoms with Crippen LogP contribution in [0.5, 0.6) is 0 Å². The van der Waals surface area contributed by atoms with Crippen LogP contribution in [0.3, 0.4) is 0 Å². The quantitative estimate of drug-likeness (QED) is 0.498. The Kier molecular flexibility index (Phi) is 7.46. The highest BCUT2D eigenvalue weighted by Gasteiger charge is 2.11. The minimum Gasteiger partial charge on any atom is -0.463 e. The van der Waals surface area contributed by atoms with E-state index < -0.39 is 0 Å². The van der Waals surface area contributed by atoms with Crippen molar-refractivity contribution in [1.29, 1.82) is 0 Å². The molecule has 1 aromatic rings. The maximum Gasteiger partial charge on any atom is 0.292 e. The van der Waals surface area contributed by atoms with Crippen molar-refractivity contribution in [1.82, 2.24) is 5.32 Å². The summed E-state index contributed by atoms with van der Waals surface area (Å²) in [6, 6.07) is 7.71. The highest BCUT2D eigenvalue weighted by Crippen LogP contribution is 2.04. The second-order valence-electron chi connectivity index (χ2n) is 4.86. The average Bonchev–Trinajstić information content (AvgIpc) is 2.47. The minimum absolute atomic E-state index is 0.0837. The molecule has 116 valence electrons. The predicted octanol–water partition coefficient (Wildman–Crippen LogP) is 2.54. The van der Waals surface area contributed by atoms with Crippen molar-refractivity contribution >= 4 is 11.9 Å². The summed E-state index contributed by atoms with van der Waals surface area (Å²) in [5, 5.41) is 2.72. The van der Waals surface area contributed by atoms with Gasteiger partial charge in [-0.2, -0.15) is 0 Å². The number of ether oxygens (including phenoxy) is 2. The zero-order chi connectivity index (χ0) is 15.7. The molecule has 0 saturated carbocycles. The van der Waals surface area contributed by atoms with Gasteiger partial charge in [-0.05, 0) is 32.4 Å². The molecule has 5 heteroatoms. The molecule has 1 rings (SSSR count). The van der Waals surface area contributed by atoms with Crippen molar-refractivity contribution in [3.8, 4) is 0 Å². The first kappa shape index (κ1) is 17.2. The van der Waals surface area contributed by atoms with Crippen LogP contribution in [0.15, 0.2) is 29.3 Å². The molecule has 1 atom stereocenters. The van der Waals surface area contributed by atoms with Crippen LogP contribution < -0.4 is 5.32 Å². The summed E-state index contributed by atoms with van der Waals surface area (Å²) in [5.41, 5.74) is 1.62. The molecular weight excluding hydrogens is 268 g/mol. The van der Waals surface area contributed by atoms with Gasteiger partial charge in [0.05, 0.1) is 12.6 Å². The van der Waals surface area contributed by atoms with E-state index in [1.165, 1.54) is 0 Å². The van der Waals surface area contributed by atoms with Crippen LogP contribution in [0.1, 0.15) is 36.2 Å². The van der Waals surface area contributed by atoms with E-state index in [9.17, 15) is 4.79 Å². The van der Waals surface area contributed by atoms with Crippen LogP contribution in [0.4, 0.5) is 0 Å². The molecule has 0 heterocycles. The lowest BCUT2D eigenvalue weighted by molar-refractivity contribution is 0.0953. The normalized spacial score (nSPS) is 12.9. The number of methoxy groups -OCH3 is 1. The molecule has 0 saturated heterocycles. The fourth-order valence-electron chi connectivity index (χ4n) is 1.57. The first-order valence-corrected chi connectivity index (χ1v) is 7.14. The topological polar surface area (TPSA) is 59.9 Å². The molecule has 0 aromatic heterocycles. The summed E-state index contributed by atoms with van der Waals surface area (Å²) in [6.07, 6.45) is 0.872. The lowest BCUT2D eigenvalue weighted by atomic mass is 10.1.